The Morgan fingerprint density at radius 2 is 2.38 bits per heavy atom. The fraction of sp³-hybridized carbons (Fsp3) is 0.375. The average Bonchev–Trinajstić information content (AvgIpc) is 2.96. The van der Waals surface area contributed by atoms with Crippen LogP contribution in [0.4, 0.5) is 5.69 Å². The van der Waals surface area contributed by atoms with Crippen LogP contribution < -0.4 is 11.1 Å². The molecule has 0 radical (unpaired) electrons. The normalized spacial score (nSPS) is 17.3. The van der Waals surface area contributed by atoms with Gasteiger partial charge in [0.25, 0.3) is 5.91 Å². The molecule has 0 fully saturated rings. The number of anilines is 1. The number of fused-ring (bicyclic) bond motifs is 1. The van der Waals surface area contributed by atoms with Crippen LogP contribution in [0.2, 0.25) is 0 Å². The second-order valence-corrected chi connectivity index (χ2v) is 5.46. The minimum atomic E-state index is -0.0654. The van der Waals surface area contributed by atoms with Crippen molar-refractivity contribution in [2.24, 2.45) is 0 Å². The number of amides is 1. The SMILES string of the molecule is CCn1cc(C(=O)NC2CCCc3cc(N)ccc32)cn1. The number of hydrogen-bond donors (Lipinski definition) is 2. The van der Waals surface area contributed by atoms with Crippen molar-refractivity contribution in [3.63, 3.8) is 0 Å². The molecule has 1 aliphatic rings. The van der Waals surface area contributed by atoms with Crippen LogP contribution in [0, 0.1) is 0 Å². The van der Waals surface area contributed by atoms with Crippen molar-refractivity contribution in [3.05, 3.63) is 47.3 Å². The Kier molecular flexibility index (Phi) is 3.64. The average molecular weight is 284 g/mol. The summed E-state index contributed by atoms with van der Waals surface area (Å²) in [6.07, 6.45) is 6.45. The monoisotopic (exact) mass is 284 g/mol. The number of rotatable bonds is 3. The first-order chi connectivity index (χ1) is 10.2. The van der Waals surface area contributed by atoms with Crippen LogP contribution >= 0.6 is 0 Å². The van der Waals surface area contributed by atoms with E-state index in [1.54, 1.807) is 17.1 Å². The predicted octanol–water partition coefficient (Wildman–Crippen LogP) is 2.29. The van der Waals surface area contributed by atoms with E-state index in [0.29, 0.717) is 5.56 Å². The third-order valence-electron chi connectivity index (χ3n) is 4.01. The van der Waals surface area contributed by atoms with Crippen molar-refractivity contribution in [1.82, 2.24) is 15.1 Å². The zero-order chi connectivity index (χ0) is 14.8. The topological polar surface area (TPSA) is 72.9 Å². The lowest BCUT2D eigenvalue weighted by atomic mass is 9.87. The Bertz CT molecular complexity index is 662. The van der Waals surface area contributed by atoms with E-state index in [2.05, 4.69) is 10.4 Å². The van der Waals surface area contributed by atoms with Gasteiger partial charge in [0, 0.05) is 18.4 Å². The number of aromatic nitrogens is 2. The molecule has 110 valence electrons. The minimum Gasteiger partial charge on any atom is -0.399 e. The lowest BCUT2D eigenvalue weighted by Crippen LogP contribution is -2.30. The Hall–Kier alpha value is -2.30. The van der Waals surface area contributed by atoms with E-state index >= 15 is 0 Å². The van der Waals surface area contributed by atoms with Gasteiger partial charge in [0.1, 0.15) is 0 Å². The van der Waals surface area contributed by atoms with E-state index in [4.69, 9.17) is 5.73 Å². The first-order valence-electron chi connectivity index (χ1n) is 7.39. The highest BCUT2D eigenvalue weighted by Gasteiger charge is 2.22. The first-order valence-corrected chi connectivity index (χ1v) is 7.39. The molecule has 1 aliphatic carbocycles. The molecule has 5 nitrogen and oxygen atoms in total. The molecule has 1 aromatic carbocycles. The molecule has 21 heavy (non-hydrogen) atoms. The number of benzene rings is 1. The smallest absolute Gasteiger partial charge is 0.254 e. The molecule has 0 saturated heterocycles. The van der Waals surface area contributed by atoms with Gasteiger partial charge in [-0.3, -0.25) is 9.48 Å². The zero-order valence-corrected chi connectivity index (χ0v) is 12.2. The van der Waals surface area contributed by atoms with Gasteiger partial charge in [-0.25, -0.2) is 0 Å². The number of carbonyl (C=O) groups is 1. The van der Waals surface area contributed by atoms with E-state index in [-0.39, 0.29) is 11.9 Å². The molecule has 1 heterocycles. The van der Waals surface area contributed by atoms with Gasteiger partial charge in [-0.05, 0) is 49.4 Å². The van der Waals surface area contributed by atoms with Crippen molar-refractivity contribution < 1.29 is 4.79 Å². The summed E-state index contributed by atoms with van der Waals surface area (Å²) in [5.74, 6) is -0.0654. The number of nitrogens with two attached hydrogens (primary N) is 1. The summed E-state index contributed by atoms with van der Waals surface area (Å²) in [4.78, 5) is 12.3. The van der Waals surface area contributed by atoms with Gasteiger partial charge in [0.05, 0.1) is 17.8 Å². The maximum Gasteiger partial charge on any atom is 0.254 e. The summed E-state index contributed by atoms with van der Waals surface area (Å²) < 4.78 is 1.75. The van der Waals surface area contributed by atoms with Gasteiger partial charge in [-0.1, -0.05) is 6.07 Å². The molecule has 0 saturated carbocycles. The molecule has 1 unspecified atom stereocenters. The zero-order valence-electron chi connectivity index (χ0n) is 12.2. The highest BCUT2D eigenvalue weighted by molar-refractivity contribution is 5.94. The molecule has 0 spiro atoms. The Morgan fingerprint density at radius 3 is 3.14 bits per heavy atom. The highest BCUT2D eigenvalue weighted by Crippen LogP contribution is 2.31. The van der Waals surface area contributed by atoms with Crippen LogP contribution in [0.15, 0.2) is 30.6 Å². The van der Waals surface area contributed by atoms with Crippen molar-refractivity contribution in [1.29, 1.82) is 0 Å². The third kappa shape index (κ3) is 2.77. The lowest BCUT2D eigenvalue weighted by molar-refractivity contribution is 0.0932. The largest absolute Gasteiger partial charge is 0.399 e. The molecule has 1 atom stereocenters. The van der Waals surface area contributed by atoms with Crippen LogP contribution in [0.25, 0.3) is 0 Å². The molecule has 0 bridgehead atoms. The van der Waals surface area contributed by atoms with Gasteiger partial charge in [-0.15, -0.1) is 0 Å². The summed E-state index contributed by atoms with van der Waals surface area (Å²) >= 11 is 0. The summed E-state index contributed by atoms with van der Waals surface area (Å²) in [6.45, 7) is 2.76. The summed E-state index contributed by atoms with van der Waals surface area (Å²) in [5.41, 5.74) is 9.67. The van der Waals surface area contributed by atoms with Crippen LogP contribution in [-0.4, -0.2) is 15.7 Å². The van der Waals surface area contributed by atoms with Crippen LogP contribution in [0.1, 0.15) is 47.3 Å². The summed E-state index contributed by atoms with van der Waals surface area (Å²) in [5, 5.41) is 7.26. The molecule has 1 aromatic heterocycles. The molecular formula is C16H20N4O. The Morgan fingerprint density at radius 1 is 1.52 bits per heavy atom. The maximum atomic E-state index is 12.3. The van der Waals surface area contributed by atoms with Crippen LogP contribution in [0.5, 0.6) is 0 Å². The van der Waals surface area contributed by atoms with Gasteiger partial charge in [0.15, 0.2) is 0 Å². The first kappa shape index (κ1) is 13.7. The van der Waals surface area contributed by atoms with Crippen molar-refractivity contribution in [2.45, 2.75) is 38.8 Å². The Labute approximate surface area is 124 Å². The molecule has 3 rings (SSSR count). The maximum absolute atomic E-state index is 12.3. The molecule has 5 heteroatoms. The van der Waals surface area contributed by atoms with Crippen LogP contribution in [-0.2, 0) is 13.0 Å². The second kappa shape index (κ2) is 5.60. The van der Waals surface area contributed by atoms with Gasteiger partial charge < -0.3 is 11.1 Å². The molecule has 3 N–H and O–H groups in total. The summed E-state index contributed by atoms with van der Waals surface area (Å²) in [7, 11) is 0. The second-order valence-electron chi connectivity index (χ2n) is 5.46. The molecule has 0 aliphatic heterocycles. The molecular weight excluding hydrogens is 264 g/mol. The lowest BCUT2D eigenvalue weighted by Gasteiger charge is -2.26. The minimum absolute atomic E-state index is 0.0619. The van der Waals surface area contributed by atoms with E-state index in [0.717, 1.165) is 31.5 Å². The number of nitrogens with one attached hydrogen (secondary N) is 1. The van der Waals surface area contributed by atoms with E-state index < -0.39 is 0 Å². The Balaban J connectivity index is 1.78. The fourth-order valence-electron chi connectivity index (χ4n) is 2.88. The van der Waals surface area contributed by atoms with Crippen molar-refractivity contribution >= 4 is 11.6 Å². The number of carbonyl (C=O) groups excluding carboxylic acids is 1. The van der Waals surface area contributed by atoms with Crippen molar-refractivity contribution in [3.8, 4) is 0 Å². The van der Waals surface area contributed by atoms with E-state index in [1.165, 1.54) is 11.1 Å². The predicted molar refractivity (Wildman–Crippen MR) is 81.9 cm³/mol. The van der Waals surface area contributed by atoms with Gasteiger partial charge >= 0.3 is 0 Å². The molecule has 2 aromatic rings. The fourth-order valence-corrected chi connectivity index (χ4v) is 2.88. The number of nitrogen functional groups attached to an aromatic ring is 1. The number of aryl methyl sites for hydroxylation is 2. The highest BCUT2D eigenvalue weighted by atomic mass is 16.1. The van der Waals surface area contributed by atoms with E-state index in [1.807, 2.05) is 25.1 Å². The van der Waals surface area contributed by atoms with Gasteiger partial charge in [-0.2, -0.15) is 5.10 Å². The quantitative estimate of drug-likeness (QED) is 0.849. The number of hydrogen-bond acceptors (Lipinski definition) is 3. The third-order valence-corrected chi connectivity index (χ3v) is 4.01. The standard InChI is InChI=1S/C16H20N4O/c1-2-20-10-12(9-18-20)16(21)19-15-5-3-4-11-8-13(17)6-7-14(11)15/h6-10,15H,2-5,17H2,1H3,(H,19,21). The summed E-state index contributed by atoms with van der Waals surface area (Å²) in [6, 6.07) is 6.01. The number of nitrogens with zero attached hydrogens (tertiary/aromatic N) is 2. The van der Waals surface area contributed by atoms with Gasteiger partial charge in [0.2, 0.25) is 0 Å². The molecule has 1 amide bonds. The van der Waals surface area contributed by atoms with Crippen LogP contribution in [0.3, 0.4) is 0 Å². The van der Waals surface area contributed by atoms with Crippen molar-refractivity contribution in [2.75, 3.05) is 5.73 Å². The van der Waals surface area contributed by atoms with E-state index in [9.17, 15) is 4.79 Å².